The van der Waals surface area contributed by atoms with E-state index in [0.29, 0.717) is 5.76 Å². The van der Waals surface area contributed by atoms with Gasteiger partial charge >= 0.3 is 0 Å². The van der Waals surface area contributed by atoms with Crippen molar-refractivity contribution >= 4 is 40.9 Å². The Morgan fingerprint density at radius 1 is 1.55 bits per heavy atom. The fourth-order valence-electron chi connectivity index (χ4n) is 1.50. The van der Waals surface area contributed by atoms with E-state index in [1.54, 1.807) is 12.1 Å². The summed E-state index contributed by atoms with van der Waals surface area (Å²) in [4.78, 5) is 33.3. The number of carboxylic acid groups (broad SMARTS) is 1. The van der Waals surface area contributed by atoms with Gasteiger partial charge in [0.15, 0.2) is 5.17 Å². The van der Waals surface area contributed by atoms with E-state index in [4.69, 9.17) is 4.42 Å². The molecule has 1 aliphatic heterocycles. The second-order valence-electron chi connectivity index (χ2n) is 4.11. The summed E-state index contributed by atoms with van der Waals surface area (Å²) in [5.74, 6) is -1.83. The summed E-state index contributed by atoms with van der Waals surface area (Å²) >= 11 is 1.04. The number of aliphatic carboxylic acids is 1. The van der Waals surface area contributed by atoms with Gasteiger partial charge in [-0.1, -0.05) is 11.8 Å². The highest BCUT2D eigenvalue weighted by molar-refractivity contribution is 8.15. The molecule has 1 aromatic heterocycles. The zero-order valence-corrected chi connectivity index (χ0v) is 12.0. The minimum absolute atomic E-state index is 0.162. The van der Waals surface area contributed by atoms with Crippen LogP contribution in [0.1, 0.15) is 12.2 Å². The molecule has 1 saturated heterocycles. The fourth-order valence-corrected chi connectivity index (χ4v) is 2.42. The highest BCUT2D eigenvalue weighted by atomic mass is 32.2. The maximum Gasteiger partial charge on any atom is 0.240 e. The van der Waals surface area contributed by atoms with Crippen molar-refractivity contribution in [3.8, 4) is 0 Å². The van der Waals surface area contributed by atoms with Crippen LogP contribution in [0.15, 0.2) is 33.0 Å². The number of carbonyl (C=O) groups is 3. The molecular weight excluding hydrogens is 312 g/mol. The monoisotopic (exact) mass is 323 g/mol. The molecule has 1 aliphatic rings. The van der Waals surface area contributed by atoms with Crippen molar-refractivity contribution in [2.75, 3.05) is 6.54 Å². The number of carbonyl (C=O) groups excluding carboxylic acids is 3. The molecule has 22 heavy (non-hydrogen) atoms. The molecule has 0 unspecified atom stereocenters. The van der Waals surface area contributed by atoms with Crippen LogP contribution in [0.2, 0.25) is 0 Å². The summed E-state index contributed by atoms with van der Waals surface area (Å²) < 4.78 is 5.02. The Kier molecular flexibility index (Phi) is 5.31. The number of carboxylic acids is 1. The summed E-state index contributed by atoms with van der Waals surface area (Å²) in [5.41, 5.74) is 0. The Morgan fingerprint density at radius 2 is 2.36 bits per heavy atom. The number of thioether (sulfide) groups is 1. The Hall–Kier alpha value is -2.62. The highest BCUT2D eigenvalue weighted by Crippen LogP contribution is 2.22. The molecule has 2 rings (SSSR count). The second kappa shape index (κ2) is 7.41. The van der Waals surface area contributed by atoms with Gasteiger partial charge in [0.2, 0.25) is 11.8 Å². The Balaban J connectivity index is 1.85. The molecule has 0 saturated carbocycles. The summed E-state index contributed by atoms with van der Waals surface area (Å²) in [6.45, 7) is -0.591. The normalized spacial score (nSPS) is 19.5. The number of furan rings is 1. The molecule has 9 nitrogen and oxygen atoms in total. The summed E-state index contributed by atoms with van der Waals surface area (Å²) in [6, 6.07) is 3.39. The van der Waals surface area contributed by atoms with Gasteiger partial charge in [-0.25, -0.2) is 0 Å². The van der Waals surface area contributed by atoms with Gasteiger partial charge in [-0.05, 0) is 12.1 Å². The van der Waals surface area contributed by atoms with Crippen LogP contribution >= 0.6 is 11.8 Å². The lowest BCUT2D eigenvalue weighted by molar-refractivity contribution is -0.304. The van der Waals surface area contributed by atoms with Crippen LogP contribution in [0.25, 0.3) is 0 Å². The van der Waals surface area contributed by atoms with Gasteiger partial charge in [0.25, 0.3) is 0 Å². The number of nitrogens with zero attached hydrogens (tertiary/aromatic N) is 2. The lowest BCUT2D eigenvalue weighted by atomic mass is 10.2. The highest BCUT2D eigenvalue weighted by Gasteiger charge is 2.32. The van der Waals surface area contributed by atoms with E-state index in [0.717, 1.165) is 11.8 Å². The lowest BCUT2D eigenvalue weighted by Crippen LogP contribution is -2.39. The van der Waals surface area contributed by atoms with Crippen LogP contribution in [-0.2, 0) is 14.4 Å². The first kappa shape index (κ1) is 15.8. The molecule has 1 fully saturated rings. The predicted octanol–water partition coefficient (Wildman–Crippen LogP) is -1.54. The van der Waals surface area contributed by atoms with Crippen molar-refractivity contribution in [3.63, 3.8) is 0 Å². The minimum atomic E-state index is -1.40. The molecule has 10 heteroatoms. The van der Waals surface area contributed by atoms with Gasteiger partial charge in [0.05, 0.1) is 25.0 Å². The van der Waals surface area contributed by atoms with Crippen molar-refractivity contribution in [2.45, 2.75) is 11.7 Å². The van der Waals surface area contributed by atoms with Crippen molar-refractivity contribution in [3.05, 3.63) is 24.2 Å². The first-order chi connectivity index (χ1) is 10.5. The van der Waals surface area contributed by atoms with Gasteiger partial charge in [0, 0.05) is 6.42 Å². The topological polar surface area (TPSA) is 136 Å². The number of hydrogen-bond acceptors (Lipinski definition) is 8. The van der Waals surface area contributed by atoms with Crippen molar-refractivity contribution < 1.29 is 23.9 Å². The van der Waals surface area contributed by atoms with Crippen LogP contribution in [0, 0.1) is 0 Å². The largest absolute Gasteiger partial charge is 0.548 e. The average molecular weight is 323 g/mol. The van der Waals surface area contributed by atoms with E-state index in [9.17, 15) is 19.5 Å². The van der Waals surface area contributed by atoms with E-state index in [-0.39, 0.29) is 17.5 Å². The Bertz CT molecular complexity index is 625. The van der Waals surface area contributed by atoms with Gasteiger partial charge in [-0.2, -0.15) is 5.10 Å². The Labute approximate surface area is 128 Å². The van der Waals surface area contributed by atoms with Gasteiger partial charge in [-0.3, -0.25) is 9.59 Å². The first-order valence-corrected chi connectivity index (χ1v) is 7.01. The molecule has 1 atom stereocenters. The third kappa shape index (κ3) is 4.74. The maximum atomic E-state index is 11.7. The molecule has 0 radical (unpaired) electrons. The molecule has 2 heterocycles. The lowest BCUT2D eigenvalue weighted by Gasteiger charge is -2.07. The summed E-state index contributed by atoms with van der Waals surface area (Å²) in [6.07, 6.45) is 2.70. The molecule has 0 aliphatic carbocycles. The zero-order valence-electron chi connectivity index (χ0n) is 11.1. The maximum absolute atomic E-state index is 11.7. The van der Waals surface area contributed by atoms with E-state index in [1.165, 1.54) is 12.5 Å². The Morgan fingerprint density at radius 3 is 3.05 bits per heavy atom. The minimum Gasteiger partial charge on any atom is -0.548 e. The number of amides is 2. The van der Waals surface area contributed by atoms with Crippen molar-refractivity contribution in [1.82, 2.24) is 10.6 Å². The first-order valence-electron chi connectivity index (χ1n) is 6.13. The summed E-state index contributed by atoms with van der Waals surface area (Å²) in [5, 5.41) is 22.0. The van der Waals surface area contributed by atoms with Crippen molar-refractivity contribution in [2.24, 2.45) is 10.2 Å². The standard InChI is InChI=1S/C12H12N4O5S/c17-9(13-6-10(18)19)4-8-11(20)15-12(22-8)16-14-5-7-2-1-3-21-7/h1-3,5,8H,4,6H2,(H,13,17)(H,18,19)(H,15,16,20)/p-1/b14-5-/t8-/m0/s1. The quantitative estimate of drug-likeness (QED) is 0.481. The molecule has 0 aromatic carbocycles. The fraction of sp³-hybridized carbons (Fsp3) is 0.250. The third-order valence-electron chi connectivity index (χ3n) is 2.45. The van der Waals surface area contributed by atoms with E-state index >= 15 is 0 Å². The number of rotatable bonds is 6. The molecule has 2 N–H and O–H groups in total. The number of amidine groups is 1. The van der Waals surface area contributed by atoms with Crippen LogP contribution in [0.3, 0.4) is 0 Å². The van der Waals surface area contributed by atoms with Crippen LogP contribution in [0.5, 0.6) is 0 Å². The van der Waals surface area contributed by atoms with Gasteiger partial charge in [-0.15, -0.1) is 5.10 Å². The zero-order chi connectivity index (χ0) is 15.9. The van der Waals surface area contributed by atoms with E-state index < -0.39 is 23.7 Å². The second-order valence-corrected chi connectivity index (χ2v) is 5.31. The summed E-state index contributed by atoms with van der Waals surface area (Å²) in [7, 11) is 0. The molecule has 1 aromatic rings. The van der Waals surface area contributed by atoms with Crippen molar-refractivity contribution in [1.29, 1.82) is 0 Å². The molecule has 0 spiro atoms. The molecular formula is C12H11N4O5S-. The van der Waals surface area contributed by atoms with Gasteiger partial charge in [0.1, 0.15) is 11.0 Å². The smallest absolute Gasteiger partial charge is 0.240 e. The number of nitrogens with one attached hydrogen (secondary N) is 2. The van der Waals surface area contributed by atoms with Gasteiger partial charge < -0.3 is 25.0 Å². The average Bonchev–Trinajstić information content (AvgIpc) is 3.08. The molecule has 2 amide bonds. The van der Waals surface area contributed by atoms with E-state index in [2.05, 4.69) is 20.8 Å². The third-order valence-corrected chi connectivity index (χ3v) is 3.53. The van der Waals surface area contributed by atoms with Crippen LogP contribution in [0.4, 0.5) is 0 Å². The van der Waals surface area contributed by atoms with Crippen LogP contribution in [-0.4, -0.2) is 41.0 Å². The number of hydrogen-bond donors (Lipinski definition) is 2. The van der Waals surface area contributed by atoms with Crippen LogP contribution < -0.4 is 15.7 Å². The molecule has 116 valence electrons. The van der Waals surface area contributed by atoms with E-state index in [1.807, 2.05) is 0 Å². The molecule has 0 bridgehead atoms. The predicted molar refractivity (Wildman–Crippen MR) is 75.9 cm³/mol. The SMILES string of the molecule is O=C([O-])CNC(=O)C[C@@H]1S/C(=N\N=C/c2ccco2)NC1=O.